The molecule has 2 rings (SSSR count). The fourth-order valence-electron chi connectivity index (χ4n) is 1.01. The lowest BCUT2D eigenvalue weighted by Crippen LogP contribution is -1.96. The van der Waals surface area contributed by atoms with Crippen LogP contribution in [-0.2, 0) is 0 Å². The van der Waals surface area contributed by atoms with Gasteiger partial charge in [0.1, 0.15) is 5.82 Å². The Labute approximate surface area is 63.2 Å². The number of hydrogen-bond acceptors (Lipinski definition) is 3. The Morgan fingerprint density at radius 3 is 3.00 bits per heavy atom. The number of aromatic amines is 1. The first-order valence-corrected chi connectivity index (χ1v) is 3.26. The Bertz CT molecular complexity index is 354. The van der Waals surface area contributed by atoms with E-state index >= 15 is 0 Å². The summed E-state index contributed by atoms with van der Waals surface area (Å²) in [7, 11) is 0. The van der Waals surface area contributed by atoms with E-state index < -0.39 is 0 Å². The molecule has 2 aromatic rings. The zero-order valence-electron chi connectivity index (χ0n) is 5.83. The van der Waals surface area contributed by atoms with Gasteiger partial charge in [0.25, 0.3) is 0 Å². The van der Waals surface area contributed by atoms with Crippen LogP contribution in [0.4, 0.5) is 11.5 Å². The molecule has 0 saturated carbocycles. The SMILES string of the molecule is Nc1cc2[nH]ccc2nc1N. The number of nitrogen functional groups attached to an aromatic ring is 2. The lowest BCUT2D eigenvalue weighted by atomic mass is 10.3. The fraction of sp³-hybridized carbons (Fsp3) is 0. The molecule has 0 atom stereocenters. The normalized spacial score (nSPS) is 10.5. The summed E-state index contributed by atoms with van der Waals surface area (Å²) in [5.41, 5.74) is 13.3. The van der Waals surface area contributed by atoms with Crippen LogP contribution in [0.3, 0.4) is 0 Å². The van der Waals surface area contributed by atoms with Crippen LogP contribution in [0.1, 0.15) is 0 Å². The van der Waals surface area contributed by atoms with Gasteiger partial charge in [0.05, 0.1) is 16.7 Å². The van der Waals surface area contributed by atoms with Crippen molar-refractivity contribution in [2.75, 3.05) is 11.5 Å². The van der Waals surface area contributed by atoms with Crippen molar-refractivity contribution < 1.29 is 0 Å². The number of nitrogens with two attached hydrogens (primary N) is 2. The molecule has 0 bridgehead atoms. The summed E-state index contributed by atoms with van der Waals surface area (Å²) < 4.78 is 0. The number of rotatable bonds is 0. The van der Waals surface area contributed by atoms with Gasteiger partial charge in [-0.2, -0.15) is 0 Å². The van der Waals surface area contributed by atoms with Crippen molar-refractivity contribution in [3.05, 3.63) is 18.3 Å². The topological polar surface area (TPSA) is 80.7 Å². The van der Waals surface area contributed by atoms with E-state index in [1.54, 1.807) is 12.3 Å². The predicted octanol–water partition coefficient (Wildman–Crippen LogP) is 0.727. The first kappa shape index (κ1) is 6.03. The smallest absolute Gasteiger partial charge is 0.147 e. The summed E-state index contributed by atoms with van der Waals surface area (Å²) >= 11 is 0. The number of H-pyrrole nitrogens is 1. The molecule has 0 aliphatic carbocycles. The summed E-state index contributed by atoms with van der Waals surface area (Å²) in [5, 5.41) is 0. The number of hydrogen-bond donors (Lipinski definition) is 3. The lowest BCUT2D eigenvalue weighted by Gasteiger charge is -1.97. The van der Waals surface area contributed by atoms with E-state index in [2.05, 4.69) is 9.97 Å². The van der Waals surface area contributed by atoms with Crippen LogP contribution in [0.2, 0.25) is 0 Å². The Kier molecular flexibility index (Phi) is 1.03. The molecular weight excluding hydrogens is 140 g/mol. The van der Waals surface area contributed by atoms with E-state index in [-0.39, 0.29) is 0 Å². The maximum Gasteiger partial charge on any atom is 0.147 e. The monoisotopic (exact) mass is 148 g/mol. The van der Waals surface area contributed by atoms with Crippen molar-refractivity contribution in [3.8, 4) is 0 Å². The summed E-state index contributed by atoms with van der Waals surface area (Å²) in [6, 6.07) is 3.63. The van der Waals surface area contributed by atoms with E-state index in [9.17, 15) is 0 Å². The average molecular weight is 148 g/mol. The Hall–Kier alpha value is -1.71. The molecule has 0 fully saturated rings. The van der Waals surface area contributed by atoms with Crippen LogP contribution in [0, 0.1) is 0 Å². The van der Waals surface area contributed by atoms with Crippen LogP contribution in [0.5, 0.6) is 0 Å². The van der Waals surface area contributed by atoms with Gasteiger partial charge in [-0.25, -0.2) is 4.98 Å². The van der Waals surface area contributed by atoms with Crippen LogP contribution in [0.15, 0.2) is 18.3 Å². The van der Waals surface area contributed by atoms with Crippen molar-refractivity contribution in [1.82, 2.24) is 9.97 Å². The minimum atomic E-state index is 0.386. The summed E-state index contributed by atoms with van der Waals surface area (Å²) in [6.07, 6.45) is 1.80. The largest absolute Gasteiger partial charge is 0.396 e. The van der Waals surface area contributed by atoms with Gasteiger partial charge < -0.3 is 16.5 Å². The highest BCUT2D eigenvalue weighted by Crippen LogP contribution is 2.17. The minimum Gasteiger partial charge on any atom is -0.396 e. The second-order valence-corrected chi connectivity index (χ2v) is 2.37. The third-order valence-electron chi connectivity index (χ3n) is 1.59. The molecule has 0 aliphatic rings. The lowest BCUT2D eigenvalue weighted by molar-refractivity contribution is 1.41. The zero-order valence-corrected chi connectivity index (χ0v) is 5.83. The maximum atomic E-state index is 5.54. The molecule has 0 spiro atoms. The van der Waals surface area contributed by atoms with Crippen molar-refractivity contribution in [3.63, 3.8) is 0 Å². The number of fused-ring (bicyclic) bond motifs is 1. The molecule has 0 unspecified atom stereocenters. The summed E-state index contributed by atoms with van der Waals surface area (Å²) in [4.78, 5) is 7.05. The van der Waals surface area contributed by atoms with Crippen LogP contribution >= 0.6 is 0 Å². The van der Waals surface area contributed by atoms with Crippen molar-refractivity contribution >= 4 is 22.5 Å². The first-order chi connectivity index (χ1) is 5.27. The summed E-state index contributed by atoms with van der Waals surface area (Å²) in [5.74, 6) is 0.386. The van der Waals surface area contributed by atoms with Gasteiger partial charge in [-0.3, -0.25) is 0 Å². The fourth-order valence-corrected chi connectivity index (χ4v) is 1.01. The Morgan fingerprint density at radius 2 is 2.18 bits per heavy atom. The standard InChI is InChI=1S/C7H8N4/c8-4-3-6-5(1-2-10-6)11-7(4)9/h1-3,10H,8H2,(H2,9,11). The molecule has 4 heteroatoms. The van der Waals surface area contributed by atoms with Gasteiger partial charge in [0, 0.05) is 6.20 Å². The molecule has 56 valence electrons. The average Bonchev–Trinajstić information content (AvgIpc) is 2.36. The van der Waals surface area contributed by atoms with Crippen LogP contribution in [-0.4, -0.2) is 9.97 Å². The first-order valence-electron chi connectivity index (χ1n) is 3.26. The van der Waals surface area contributed by atoms with Gasteiger partial charge in [0.2, 0.25) is 0 Å². The molecule has 0 saturated heterocycles. The van der Waals surface area contributed by atoms with Crippen molar-refractivity contribution in [2.45, 2.75) is 0 Å². The molecule has 0 radical (unpaired) electrons. The van der Waals surface area contributed by atoms with Gasteiger partial charge in [-0.05, 0) is 12.1 Å². The molecule has 11 heavy (non-hydrogen) atoms. The van der Waals surface area contributed by atoms with Crippen LogP contribution in [0.25, 0.3) is 11.0 Å². The molecule has 2 heterocycles. The van der Waals surface area contributed by atoms with E-state index in [0.717, 1.165) is 11.0 Å². The Morgan fingerprint density at radius 1 is 1.36 bits per heavy atom. The zero-order chi connectivity index (χ0) is 7.84. The number of aromatic nitrogens is 2. The Balaban J connectivity index is 2.86. The van der Waals surface area contributed by atoms with Gasteiger partial charge in [-0.1, -0.05) is 0 Å². The second kappa shape index (κ2) is 1.88. The minimum absolute atomic E-state index is 0.386. The number of anilines is 2. The van der Waals surface area contributed by atoms with E-state index in [0.29, 0.717) is 11.5 Å². The number of pyridine rings is 1. The number of nitrogens with zero attached hydrogens (tertiary/aromatic N) is 1. The third kappa shape index (κ3) is 0.797. The molecule has 2 aromatic heterocycles. The van der Waals surface area contributed by atoms with E-state index in [1.807, 2.05) is 6.07 Å². The molecule has 0 aromatic carbocycles. The quantitative estimate of drug-likeness (QED) is 0.515. The molecule has 0 aliphatic heterocycles. The van der Waals surface area contributed by atoms with Gasteiger partial charge >= 0.3 is 0 Å². The third-order valence-corrected chi connectivity index (χ3v) is 1.59. The van der Waals surface area contributed by atoms with Crippen molar-refractivity contribution in [2.24, 2.45) is 0 Å². The van der Waals surface area contributed by atoms with E-state index in [1.165, 1.54) is 0 Å². The second-order valence-electron chi connectivity index (χ2n) is 2.37. The van der Waals surface area contributed by atoms with Crippen molar-refractivity contribution in [1.29, 1.82) is 0 Å². The number of nitrogens with one attached hydrogen (secondary N) is 1. The maximum absolute atomic E-state index is 5.54. The molecular formula is C7H8N4. The predicted molar refractivity (Wildman–Crippen MR) is 44.9 cm³/mol. The molecule has 4 nitrogen and oxygen atoms in total. The molecule has 0 amide bonds. The highest BCUT2D eigenvalue weighted by molar-refractivity contribution is 5.82. The molecule has 5 N–H and O–H groups in total. The van der Waals surface area contributed by atoms with Gasteiger partial charge in [-0.15, -0.1) is 0 Å². The van der Waals surface area contributed by atoms with E-state index in [4.69, 9.17) is 11.5 Å². The van der Waals surface area contributed by atoms with Gasteiger partial charge in [0.15, 0.2) is 0 Å². The summed E-state index contributed by atoms with van der Waals surface area (Å²) in [6.45, 7) is 0. The highest BCUT2D eigenvalue weighted by Gasteiger charge is 1.99. The highest BCUT2D eigenvalue weighted by atomic mass is 14.9. The van der Waals surface area contributed by atoms with Crippen LogP contribution < -0.4 is 11.5 Å².